The number of nitriles is 1. The lowest BCUT2D eigenvalue weighted by Crippen LogP contribution is -1.85. The van der Waals surface area contributed by atoms with Crippen molar-refractivity contribution in [1.82, 2.24) is 9.97 Å². The molecule has 0 spiro atoms. The van der Waals surface area contributed by atoms with Crippen LogP contribution in [0, 0.1) is 11.3 Å². The fraction of sp³-hybridized carbons (Fsp3) is 0. The first-order valence-electron chi connectivity index (χ1n) is 7.17. The summed E-state index contributed by atoms with van der Waals surface area (Å²) in [6, 6.07) is 22.0. The van der Waals surface area contributed by atoms with Gasteiger partial charge in [-0.05, 0) is 30.3 Å². The number of rotatable bonds is 2. The molecular weight excluding hydrogens is 302 g/mol. The van der Waals surface area contributed by atoms with Crippen molar-refractivity contribution in [1.29, 1.82) is 5.26 Å². The number of pyridine rings is 1. The lowest BCUT2D eigenvalue weighted by atomic mass is 10.1. The Hall–Kier alpha value is -3.03. The lowest BCUT2D eigenvalue weighted by molar-refractivity contribution is 1.37. The summed E-state index contributed by atoms with van der Waals surface area (Å²) in [5.74, 6) is 0. The van der Waals surface area contributed by atoms with Crippen molar-refractivity contribution < 1.29 is 0 Å². The van der Waals surface area contributed by atoms with Gasteiger partial charge in [0.2, 0.25) is 0 Å². The molecule has 0 atom stereocenters. The molecule has 0 saturated carbocycles. The van der Waals surface area contributed by atoms with E-state index in [2.05, 4.69) is 16.0 Å². The third-order valence-corrected chi connectivity index (χ3v) is 4.63. The van der Waals surface area contributed by atoms with Gasteiger partial charge in [-0.1, -0.05) is 36.4 Å². The molecule has 0 N–H and O–H groups in total. The standard InChI is InChI=1S/C19H11N3S/c20-12-14(19-22-17-7-3-4-8-18(17)23-19)11-15-10-9-13-5-1-2-6-16(13)21-15/h1-11H/b14-11+. The van der Waals surface area contributed by atoms with E-state index < -0.39 is 0 Å². The number of nitrogens with zero attached hydrogens (tertiary/aromatic N) is 3. The van der Waals surface area contributed by atoms with Crippen LogP contribution in [0.2, 0.25) is 0 Å². The van der Waals surface area contributed by atoms with Gasteiger partial charge in [0.25, 0.3) is 0 Å². The first kappa shape index (κ1) is 13.6. The van der Waals surface area contributed by atoms with Gasteiger partial charge in [-0.3, -0.25) is 0 Å². The van der Waals surface area contributed by atoms with Gasteiger partial charge in [-0.25, -0.2) is 9.97 Å². The first-order valence-corrected chi connectivity index (χ1v) is 7.99. The van der Waals surface area contributed by atoms with E-state index in [1.165, 1.54) is 11.3 Å². The number of allylic oxidation sites excluding steroid dienone is 1. The van der Waals surface area contributed by atoms with Crippen LogP contribution in [0.4, 0.5) is 0 Å². The molecule has 4 rings (SSSR count). The summed E-state index contributed by atoms with van der Waals surface area (Å²) in [5, 5.41) is 11.3. The van der Waals surface area contributed by atoms with Crippen LogP contribution in [0.5, 0.6) is 0 Å². The topological polar surface area (TPSA) is 49.6 Å². The number of thiazole rings is 1. The van der Waals surface area contributed by atoms with Crippen LogP contribution < -0.4 is 0 Å². The molecule has 0 saturated heterocycles. The molecule has 108 valence electrons. The highest BCUT2D eigenvalue weighted by atomic mass is 32.1. The van der Waals surface area contributed by atoms with Gasteiger partial charge in [0, 0.05) is 5.39 Å². The molecule has 0 radical (unpaired) electrons. The SMILES string of the molecule is N#C/C(=C\c1ccc2ccccc2n1)c1nc2ccccc2s1. The van der Waals surface area contributed by atoms with Crippen molar-refractivity contribution in [2.75, 3.05) is 0 Å². The average molecular weight is 313 g/mol. The number of aromatic nitrogens is 2. The Labute approximate surface area is 137 Å². The van der Waals surface area contributed by atoms with Gasteiger partial charge in [0.05, 0.1) is 27.0 Å². The minimum atomic E-state index is 0.536. The molecule has 4 aromatic rings. The first-order chi connectivity index (χ1) is 11.3. The van der Waals surface area contributed by atoms with Crippen LogP contribution >= 0.6 is 11.3 Å². The Bertz CT molecular complexity index is 1050. The van der Waals surface area contributed by atoms with Gasteiger partial charge in [-0.15, -0.1) is 11.3 Å². The fourth-order valence-corrected chi connectivity index (χ4v) is 3.37. The van der Waals surface area contributed by atoms with Crippen LogP contribution in [0.15, 0.2) is 60.7 Å². The molecule has 2 aromatic carbocycles. The van der Waals surface area contributed by atoms with E-state index in [0.29, 0.717) is 5.57 Å². The van der Waals surface area contributed by atoms with Gasteiger partial charge in [0.1, 0.15) is 11.1 Å². The normalized spacial score (nSPS) is 11.7. The van der Waals surface area contributed by atoms with Gasteiger partial charge in [-0.2, -0.15) is 5.26 Å². The van der Waals surface area contributed by atoms with E-state index in [1.54, 1.807) is 6.08 Å². The van der Waals surface area contributed by atoms with Crippen molar-refractivity contribution in [2.45, 2.75) is 0 Å². The van der Waals surface area contributed by atoms with Crippen molar-refractivity contribution in [2.24, 2.45) is 0 Å². The number of fused-ring (bicyclic) bond motifs is 2. The Morgan fingerprint density at radius 2 is 1.70 bits per heavy atom. The molecule has 2 heterocycles. The Morgan fingerprint density at radius 1 is 0.913 bits per heavy atom. The zero-order chi connectivity index (χ0) is 15.6. The predicted molar refractivity (Wildman–Crippen MR) is 94.8 cm³/mol. The van der Waals surface area contributed by atoms with Crippen LogP contribution in [0.1, 0.15) is 10.7 Å². The van der Waals surface area contributed by atoms with Crippen LogP contribution in [-0.2, 0) is 0 Å². The van der Waals surface area contributed by atoms with Gasteiger partial charge < -0.3 is 0 Å². The second-order valence-electron chi connectivity index (χ2n) is 5.09. The Balaban J connectivity index is 1.81. The van der Waals surface area contributed by atoms with Crippen molar-refractivity contribution >= 4 is 44.1 Å². The summed E-state index contributed by atoms with van der Waals surface area (Å²) in [4.78, 5) is 9.13. The molecule has 0 bridgehead atoms. The minimum Gasteiger partial charge on any atom is -0.248 e. The molecule has 0 amide bonds. The molecule has 23 heavy (non-hydrogen) atoms. The van der Waals surface area contributed by atoms with Gasteiger partial charge >= 0.3 is 0 Å². The van der Waals surface area contributed by atoms with E-state index in [-0.39, 0.29) is 0 Å². The minimum absolute atomic E-state index is 0.536. The predicted octanol–water partition coefficient (Wildman–Crippen LogP) is 4.91. The van der Waals surface area contributed by atoms with E-state index in [1.807, 2.05) is 60.7 Å². The number of benzene rings is 2. The highest BCUT2D eigenvalue weighted by Gasteiger charge is 2.09. The molecule has 3 nitrogen and oxygen atoms in total. The van der Waals surface area contributed by atoms with Crippen LogP contribution in [0.25, 0.3) is 32.8 Å². The molecule has 4 heteroatoms. The summed E-state index contributed by atoms with van der Waals surface area (Å²) in [6.07, 6.45) is 1.80. The molecule has 2 aromatic heterocycles. The van der Waals surface area contributed by atoms with Gasteiger partial charge in [0.15, 0.2) is 0 Å². The Kier molecular flexibility index (Phi) is 3.34. The van der Waals surface area contributed by atoms with Crippen molar-refractivity contribution in [3.63, 3.8) is 0 Å². The summed E-state index contributed by atoms with van der Waals surface area (Å²) < 4.78 is 1.08. The molecule has 0 aliphatic heterocycles. The maximum Gasteiger partial charge on any atom is 0.135 e. The summed E-state index contributed by atoms with van der Waals surface area (Å²) in [6.45, 7) is 0. The Morgan fingerprint density at radius 3 is 2.52 bits per heavy atom. The number of para-hydroxylation sites is 2. The molecule has 0 aliphatic rings. The number of hydrogen-bond donors (Lipinski definition) is 0. The highest BCUT2D eigenvalue weighted by molar-refractivity contribution is 7.19. The van der Waals surface area contributed by atoms with E-state index in [9.17, 15) is 5.26 Å². The summed E-state index contributed by atoms with van der Waals surface area (Å²) in [7, 11) is 0. The smallest absolute Gasteiger partial charge is 0.135 e. The maximum absolute atomic E-state index is 9.50. The molecule has 0 aliphatic carbocycles. The molecule has 0 unspecified atom stereocenters. The fourth-order valence-electron chi connectivity index (χ4n) is 2.44. The lowest BCUT2D eigenvalue weighted by Gasteiger charge is -1.99. The zero-order valence-corrected chi connectivity index (χ0v) is 12.9. The second kappa shape index (κ2) is 5.64. The van der Waals surface area contributed by atoms with E-state index in [4.69, 9.17) is 0 Å². The van der Waals surface area contributed by atoms with Crippen LogP contribution in [0.3, 0.4) is 0 Å². The highest BCUT2D eigenvalue weighted by Crippen LogP contribution is 2.28. The monoisotopic (exact) mass is 313 g/mol. The summed E-state index contributed by atoms with van der Waals surface area (Å²) >= 11 is 1.52. The van der Waals surface area contributed by atoms with Crippen LogP contribution in [-0.4, -0.2) is 9.97 Å². The largest absolute Gasteiger partial charge is 0.248 e. The van der Waals surface area contributed by atoms with E-state index in [0.717, 1.165) is 31.8 Å². The molecular formula is C19H11N3S. The quantitative estimate of drug-likeness (QED) is 0.494. The van der Waals surface area contributed by atoms with E-state index >= 15 is 0 Å². The van der Waals surface area contributed by atoms with Crippen molar-refractivity contribution in [3.05, 3.63) is 71.4 Å². The third-order valence-electron chi connectivity index (χ3n) is 3.56. The summed E-state index contributed by atoms with van der Waals surface area (Å²) in [5.41, 5.74) is 3.14. The number of hydrogen-bond acceptors (Lipinski definition) is 4. The maximum atomic E-state index is 9.50. The van der Waals surface area contributed by atoms with Crippen molar-refractivity contribution in [3.8, 4) is 6.07 Å². The third kappa shape index (κ3) is 2.59. The average Bonchev–Trinajstić information content (AvgIpc) is 3.03. The second-order valence-corrected chi connectivity index (χ2v) is 6.12. The zero-order valence-electron chi connectivity index (χ0n) is 12.1. The molecule has 0 fully saturated rings.